The minimum Gasteiger partial charge on any atom is -0.294 e. The van der Waals surface area contributed by atoms with Gasteiger partial charge in [0.25, 0.3) is 0 Å². The Balaban J connectivity index is 3.50. The van der Waals surface area contributed by atoms with Crippen molar-refractivity contribution in [2.45, 2.75) is 6.92 Å². The second-order valence-electron chi connectivity index (χ2n) is 2.48. The maximum atomic E-state index is 11.1. The van der Waals surface area contributed by atoms with Crippen molar-refractivity contribution in [1.29, 1.82) is 5.26 Å². The standard InChI is InChI=1S/C9H5ClINO/c1-5(13)7-2-6(10)3-9(11)8(7)4-12/h2-3H,1H3. The number of carbonyl (C=O) groups excluding carboxylic acids is 1. The van der Waals surface area contributed by atoms with E-state index in [1.807, 2.05) is 28.7 Å². The number of carbonyl (C=O) groups is 1. The van der Waals surface area contributed by atoms with Crippen molar-refractivity contribution in [1.82, 2.24) is 0 Å². The smallest absolute Gasteiger partial charge is 0.161 e. The molecule has 0 aromatic heterocycles. The van der Waals surface area contributed by atoms with Gasteiger partial charge in [-0.05, 0) is 41.6 Å². The van der Waals surface area contributed by atoms with Crippen LogP contribution in [0.25, 0.3) is 0 Å². The van der Waals surface area contributed by atoms with Crippen molar-refractivity contribution in [3.63, 3.8) is 0 Å². The zero-order chi connectivity index (χ0) is 10.0. The van der Waals surface area contributed by atoms with Gasteiger partial charge in [-0.15, -0.1) is 0 Å². The Morgan fingerprint density at radius 2 is 2.23 bits per heavy atom. The Kier molecular flexibility index (Phi) is 3.28. The monoisotopic (exact) mass is 305 g/mol. The van der Waals surface area contributed by atoms with Crippen molar-refractivity contribution in [2.75, 3.05) is 0 Å². The van der Waals surface area contributed by atoms with E-state index in [1.54, 1.807) is 6.07 Å². The lowest BCUT2D eigenvalue weighted by molar-refractivity contribution is 0.101. The van der Waals surface area contributed by atoms with Crippen molar-refractivity contribution in [3.05, 3.63) is 31.9 Å². The molecule has 0 saturated heterocycles. The van der Waals surface area contributed by atoms with E-state index in [0.29, 0.717) is 19.7 Å². The summed E-state index contributed by atoms with van der Waals surface area (Å²) >= 11 is 7.74. The molecule has 0 aliphatic carbocycles. The summed E-state index contributed by atoms with van der Waals surface area (Å²) in [5.74, 6) is -0.142. The Morgan fingerprint density at radius 1 is 1.62 bits per heavy atom. The summed E-state index contributed by atoms with van der Waals surface area (Å²) in [6, 6.07) is 5.16. The third-order valence-corrected chi connectivity index (χ3v) is 2.62. The molecule has 0 saturated carbocycles. The fraction of sp³-hybridized carbons (Fsp3) is 0.111. The Labute approximate surface area is 94.6 Å². The summed E-state index contributed by atoms with van der Waals surface area (Å²) in [6.07, 6.45) is 0. The third-order valence-electron chi connectivity index (χ3n) is 1.55. The van der Waals surface area contributed by atoms with Gasteiger partial charge >= 0.3 is 0 Å². The molecule has 0 aliphatic heterocycles. The Bertz CT molecular complexity index is 409. The number of ketones is 1. The second kappa shape index (κ2) is 4.07. The first-order valence-electron chi connectivity index (χ1n) is 3.46. The van der Waals surface area contributed by atoms with Crippen LogP contribution in [0.4, 0.5) is 0 Å². The van der Waals surface area contributed by atoms with Gasteiger partial charge in [-0.2, -0.15) is 5.26 Å². The minimum absolute atomic E-state index is 0.142. The van der Waals surface area contributed by atoms with Gasteiger partial charge in [0, 0.05) is 14.2 Å². The molecule has 1 aromatic carbocycles. The molecule has 0 spiro atoms. The first-order chi connectivity index (χ1) is 6.06. The SMILES string of the molecule is CC(=O)c1cc(Cl)cc(I)c1C#N. The highest BCUT2D eigenvalue weighted by atomic mass is 127. The van der Waals surface area contributed by atoms with Crippen LogP contribution in [0.1, 0.15) is 22.8 Å². The summed E-state index contributed by atoms with van der Waals surface area (Å²) in [6.45, 7) is 1.42. The Morgan fingerprint density at radius 3 is 2.69 bits per heavy atom. The van der Waals surface area contributed by atoms with Crippen LogP contribution >= 0.6 is 34.2 Å². The maximum absolute atomic E-state index is 11.1. The van der Waals surface area contributed by atoms with Crippen molar-refractivity contribution < 1.29 is 4.79 Å². The van der Waals surface area contributed by atoms with Gasteiger partial charge in [-0.1, -0.05) is 11.6 Å². The highest BCUT2D eigenvalue weighted by molar-refractivity contribution is 14.1. The molecule has 1 rings (SSSR count). The van der Waals surface area contributed by atoms with E-state index in [-0.39, 0.29) is 5.78 Å². The summed E-state index contributed by atoms with van der Waals surface area (Å²) in [4.78, 5) is 11.1. The molecular weight excluding hydrogens is 300 g/mol. The van der Waals surface area contributed by atoms with Crippen molar-refractivity contribution in [2.24, 2.45) is 0 Å². The molecule has 4 heteroatoms. The molecule has 0 N–H and O–H groups in total. The molecule has 0 fully saturated rings. The molecule has 0 radical (unpaired) electrons. The number of nitriles is 1. The zero-order valence-corrected chi connectivity index (χ0v) is 9.68. The third kappa shape index (κ3) is 2.20. The summed E-state index contributed by atoms with van der Waals surface area (Å²) in [7, 11) is 0. The molecule has 66 valence electrons. The Hall–Kier alpha value is -0.600. The molecule has 0 aliphatic rings. The fourth-order valence-corrected chi connectivity index (χ4v) is 2.11. The largest absolute Gasteiger partial charge is 0.294 e. The molecule has 0 amide bonds. The van der Waals surface area contributed by atoms with E-state index in [2.05, 4.69) is 0 Å². The number of Topliss-reactive ketones (excluding diaryl/α,β-unsaturated/α-hetero) is 1. The summed E-state index contributed by atoms with van der Waals surface area (Å²) < 4.78 is 0.706. The first-order valence-corrected chi connectivity index (χ1v) is 4.92. The predicted octanol–water partition coefficient (Wildman–Crippen LogP) is 3.02. The van der Waals surface area contributed by atoms with Crippen LogP contribution < -0.4 is 0 Å². The van der Waals surface area contributed by atoms with Crippen LogP contribution in [-0.4, -0.2) is 5.78 Å². The number of hydrogen-bond acceptors (Lipinski definition) is 2. The van der Waals surface area contributed by atoms with Gasteiger partial charge < -0.3 is 0 Å². The lowest BCUT2D eigenvalue weighted by atomic mass is 10.1. The predicted molar refractivity (Wildman–Crippen MR) is 58.9 cm³/mol. The molecule has 0 atom stereocenters. The summed E-state index contributed by atoms with van der Waals surface area (Å²) in [5, 5.41) is 9.27. The van der Waals surface area contributed by atoms with Gasteiger partial charge in [0.15, 0.2) is 5.78 Å². The molecule has 0 bridgehead atoms. The fourth-order valence-electron chi connectivity index (χ4n) is 0.965. The van der Waals surface area contributed by atoms with Crippen molar-refractivity contribution >= 4 is 40.0 Å². The van der Waals surface area contributed by atoms with Gasteiger partial charge in [0.05, 0.1) is 5.56 Å². The first kappa shape index (κ1) is 10.5. The minimum atomic E-state index is -0.142. The van der Waals surface area contributed by atoms with E-state index >= 15 is 0 Å². The molecule has 0 heterocycles. The number of rotatable bonds is 1. The second-order valence-corrected chi connectivity index (χ2v) is 4.08. The van der Waals surface area contributed by atoms with E-state index < -0.39 is 0 Å². The van der Waals surface area contributed by atoms with Gasteiger partial charge in [0.1, 0.15) is 6.07 Å². The highest BCUT2D eigenvalue weighted by Crippen LogP contribution is 2.22. The van der Waals surface area contributed by atoms with E-state index in [1.165, 1.54) is 13.0 Å². The van der Waals surface area contributed by atoms with Crippen LogP contribution in [-0.2, 0) is 0 Å². The van der Waals surface area contributed by atoms with Crippen LogP contribution in [0, 0.1) is 14.9 Å². The zero-order valence-electron chi connectivity index (χ0n) is 6.77. The topological polar surface area (TPSA) is 40.9 Å². The van der Waals surface area contributed by atoms with E-state index in [9.17, 15) is 4.79 Å². The lowest BCUT2D eigenvalue weighted by Gasteiger charge is -2.02. The van der Waals surface area contributed by atoms with Gasteiger partial charge in [-0.25, -0.2) is 0 Å². The molecular formula is C9H5ClINO. The summed E-state index contributed by atoms with van der Waals surface area (Å²) in [5.41, 5.74) is 0.789. The van der Waals surface area contributed by atoms with Gasteiger partial charge in [0.2, 0.25) is 0 Å². The van der Waals surface area contributed by atoms with Crippen LogP contribution in [0.3, 0.4) is 0 Å². The number of hydrogen-bond donors (Lipinski definition) is 0. The van der Waals surface area contributed by atoms with Crippen LogP contribution in [0.2, 0.25) is 5.02 Å². The maximum Gasteiger partial charge on any atom is 0.161 e. The number of nitrogens with zero attached hydrogens (tertiary/aromatic N) is 1. The number of halogens is 2. The molecule has 2 nitrogen and oxygen atoms in total. The average molecular weight is 306 g/mol. The lowest BCUT2D eigenvalue weighted by Crippen LogP contribution is -1.98. The van der Waals surface area contributed by atoms with E-state index in [4.69, 9.17) is 16.9 Å². The quantitative estimate of drug-likeness (QED) is 0.591. The molecule has 1 aromatic rings. The van der Waals surface area contributed by atoms with Crippen LogP contribution in [0.5, 0.6) is 0 Å². The number of benzene rings is 1. The average Bonchev–Trinajstić information content (AvgIpc) is 2.02. The van der Waals surface area contributed by atoms with Gasteiger partial charge in [-0.3, -0.25) is 4.79 Å². The van der Waals surface area contributed by atoms with Crippen LogP contribution in [0.15, 0.2) is 12.1 Å². The highest BCUT2D eigenvalue weighted by Gasteiger charge is 2.11. The molecule has 0 unspecified atom stereocenters. The van der Waals surface area contributed by atoms with Crippen molar-refractivity contribution in [3.8, 4) is 6.07 Å². The van der Waals surface area contributed by atoms with E-state index in [0.717, 1.165) is 0 Å². The normalized spacial score (nSPS) is 9.38. The molecule has 13 heavy (non-hydrogen) atoms.